The summed E-state index contributed by atoms with van der Waals surface area (Å²) in [5.74, 6) is -0.885. The molecule has 5 nitrogen and oxygen atoms in total. The molecule has 0 fully saturated rings. The smallest absolute Gasteiger partial charge is 0.303 e. The maximum absolute atomic E-state index is 11.9. The molecular formula is C12H16ClNO4S. The molecule has 106 valence electrons. The standard InChI is InChI=1S/C12H16ClNO4S/c1-9-5-6-11(10(13)8-9)19(17,18)14-7-3-2-4-12(15)16/h5-6,8,14H,2-4,7H2,1H3,(H,15,16). The van der Waals surface area contributed by atoms with E-state index in [9.17, 15) is 13.2 Å². The van der Waals surface area contributed by atoms with E-state index >= 15 is 0 Å². The lowest BCUT2D eigenvalue weighted by Crippen LogP contribution is -2.25. The van der Waals surface area contributed by atoms with E-state index in [-0.39, 0.29) is 22.9 Å². The van der Waals surface area contributed by atoms with Gasteiger partial charge in [-0.15, -0.1) is 0 Å². The highest BCUT2D eigenvalue weighted by Crippen LogP contribution is 2.22. The molecule has 0 saturated carbocycles. The number of unbranched alkanes of at least 4 members (excludes halogenated alkanes) is 1. The number of nitrogens with one attached hydrogen (secondary N) is 1. The van der Waals surface area contributed by atoms with Crippen LogP contribution in [0.5, 0.6) is 0 Å². The van der Waals surface area contributed by atoms with Gasteiger partial charge in [-0.05, 0) is 37.5 Å². The molecule has 0 heterocycles. The molecule has 0 unspecified atom stereocenters. The molecule has 0 aromatic heterocycles. The van der Waals surface area contributed by atoms with Gasteiger partial charge in [-0.1, -0.05) is 17.7 Å². The average Bonchev–Trinajstić information content (AvgIpc) is 2.27. The third kappa shape index (κ3) is 5.18. The number of carbonyl (C=O) groups is 1. The van der Waals surface area contributed by atoms with Crippen LogP contribution in [0.25, 0.3) is 0 Å². The topological polar surface area (TPSA) is 83.5 Å². The minimum atomic E-state index is -3.64. The van der Waals surface area contributed by atoms with Crippen molar-refractivity contribution >= 4 is 27.6 Å². The number of hydrogen-bond donors (Lipinski definition) is 2. The zero-order valence-corrected chi connectivity index (χ0v) is 12.1. The Kier molecular flexibility index (Phi) is 5.78. The summed E-state index contributed by atoms with van der Waals surface area (Å²) in [6.45, 7) is 2.02. The van der Waals surface area contributed by atoms with Gasteiger partial charge in [0.1, 0.15) is 4.90 Å². The number of aryl methyl sites for hydroxylation is 1. The molecule has 0 aliphatic rings. The lowest BCUT2D eigenvalue weighted by molar-refractivity contribution is -0.137. The number of aliphatic carboxylic acids is 1. The van der Waals surface area contributed by atoms with Crippen LogP contribution in [0.15, 0.2) is 23.1 Å². The molecular weight excluding hydrogens is 290 g/mol. The second-order valence-electron chi connectivity index (χ2n) is 4.18. The van der Waals surface area contributed by atoms with Crippen LogP contribution >= 0.6 is 11.6 Å². The molecule has 0 spiro atoms. The Hall–Kier alpha value is -1.11. The number of rotatable bonds is 7. The Morgan fingerprint density at radius 1 is 1.37 bits per heavy atom. The molecule has 0 aliphatic carbocycles. The van der Waals surface area contributed by atoms with Gasteiger partial charge in [0.2, 0.25) is 10.0 Å². The first-order valence-corrected chi connectivity index (χ1v) is 7.66. The normalized spacial score (nSPS) is 11.5. The van der Waals surface area contributed by atoms with Gasteiger partial charge in [0.25, 0.3) is 0 Å². The van der Waals surface area contributed by atoms with Crippen LogP contribution in [0.1, 0.15) is 24.8 Å². The van der Waals surface area contributed by atoms with E-state index < -0.39 is 16.0 Å². The summed E-state index contributed by atoms with van der Waals surface area (Å²) in [6, 6.07) is 4.71. The van der Waals surface area contributed by atoms with Gasteiger partial charge in [0.05, 0.1) is 5.02 Å². The lowest BCUT2D eigenvalue weighted by atomic mass is 10.2. The van der Waals surface area contributed by atoms with Gasteiger partial charge in [-0.25, -0.2) is 13.1 Å². The zero-order chi connectivity index (χ0) is 14.5. The van der Waals surface area contributed by atoms with Crippen molar-refractivity contribution in [2.75, 3.05) is 6.54 Å². The first-order chi connectivity index (χ1) is 8.83. The summed E-state index contributed by atoms with van der Waals surface area (Å²) >= 11 is 5.90. The molecule has 0 atom stereocenters. The third-order valence-electron chi connectivity index (χ3n) is 2.49. The van der Waals surface area contributed by atoms with Crippen LogP contribution in [-0.2, 0) is 14.8 Å². The largest absolute Gasteiger partial charge is 0.481 e. The fourth-order valence-electron chi connectivity index (χ4n) is 1.51. The number of hydrogen-bond acceptors (Lipinski definition) is 3. The van der Waals surface area contributed by atoms with E-state index in [1.807, 2.05) is 6.92 Å². The van der Waals surface area contributed by atoms with Crippen LogP contribution in [-0.4, -0.2) is 26.0 Å². The fraction of sp³-hybridized carbons (Fsp3) is 0.417. The number of halogens is 1. The molecule has 0 amide bonds. The molecule has 0 radical (unpaired) electrons. The second-order valence-corrected chi connectivity index (χ2v) is 6.33. The Labute approximate surface area is 117 Å². The number of sulfonamides is 1. The van der Waals surface area contributed by atoms with Gasteiger partial charge in [0, 0.05) is 13.0 Å². The Morgan fingerprint density at radius 3 is 2.63 bits per heavy atom. The van der Waals surface area contributed by atoms with E-state index in [2.05, 4.69) is 4.72 Å². The van der Waals surface area contributed by atoms with Gasteiger partial charge in [-0.2, -0.15) is 0 Å². The highest BCUT2D eigenvalue weighted by molar-refractivity contribution is 7.89. The van der Waals surface area contributed by atoms with Crippen molar-refractivity contribution in [1.82, 2.24) is 4.72 Å². The minimum absolute atomic E-state index is 0.0347. The molecule has 0 bridgehead atoms. The predicted octanol–water partition coefficient (Wildman–Crippen LogP) is 2.18. The van der Waals surface area contributed by atoms with Crippen molar-refractivity contribution in [3.05, 3.63) is 28.8 Å². The Morgan fingerprint density at radius 2 is 2.05 bits per heavy atom. The number of benzene rings is 1. The van der Waals surface area contributed by atoms with Crippen molar-refractivity contribution in [1.29, 1.82) is 0 Å². The second kappa shape index (κ2) is 6.88. The minimum Gasteiger partial charge on any atom is -0.481 e. The summed E-state index contributed by atoms with van der Waals surface area (Å²) < 4.78 is 26.3. The van der Waals surface area contributed by atoms with Gasteiger partial charge in [-0.3, -0.25) is 4.79 Å². The maximum atomic E-state index is 11.9. The Balaban J connectivity index is 2.59. The van der Waals surface area contributed by atoms with Gasteiger partial charge in [0.15, 0.2) is 0 Å². The van der Waals surface area contributed by atoms with Crippen LogP contribution in [0, 0.1) is 6.92 Å². The lowest BCUT2D eigenvalue weighted by Gasteiger charge is -2.08. The summed E-state index contributed by atoms with van der Waals surface area (Å²) in [4.78, 5) is 10.3. The first-order valence-electron chi connectivity index (χ1n) is 5.80. The van der Waals surface area contributed by atoms with E-state index in [1.165, 1.54) is 6.07 Å². The monoisotopic (exact) mass is 305 g/mol. The number of carboxylic acids is 1. The molecule has 0 aliphatic heterocycles. The summed E-state index contributed by atoms with van der Waals surface area (Å²) in [7, 11) is -3.64. The quantitative estimate of drug-likeness (QED) is 0.756. The van der Waals surface area contributed by atoms with Gasteiger partial charge < -0.3 is 5.11 Å². The van der Waals surface area contributed by atoms with E-state index in [0.29, 0.717) is 12.8 Å². The Bertz CT molecular complexity index is 557. The summed E-state index contributed by atoms with van der Waals surface area (Å²) in [5.41, 5.74) is 0.880. The first kappa shape index (κ1) is 15.9. The van der Waals surface area contributed by atoms with Gasteiger partial charge >= 0.3 is 5.97 Å². The van der Waals surface area contributed by atoms with Crippen molar-refractivity contribution in [2.45, 2.75) is 31.1 Å². The van der Waals surface area contributed by atoms with Crippen LogP contribution in [0.4, 0.5) is 0 Å². The molecule has 2 N–H and O–H groups in total. The average molecular weight is 306 g/mol. The van der Waals surface area contributed by atoms with Crippen LogP contribution in [0.2, 0.25) is 5.02 Å². The van der Waals surface area contributed by atoms with Crippen molar-refractivity contribution in [3.8, 4) is 0 Å². The van der Waals surface area contributed by atoms with Crippen molar-refractivity contribution in [3.63, 3.8) is 0 Å². The zero-order valence-electron chi connectivity index (χ0n) is 10.5. The fourth-order valence-corrected chi connectivity index (χ4v) is 3.18. The highest BCUT2D eigenvalue weighted by atomic mass is 35.5. The number of carboxylic acid groups (broad SMARTS) is 1. The van der Waals surface area contributed by atoms with Crippen LogP contribution < -0.4 is 4.72 Å². The van der Waals surface area contributed by atoms with Crippen molar-refractivity contribution in [2.24, 2.45) is 0 Å². The van der Waals surface area contributed by atoms with Crippen molar-refractivity contribution < 1.29 is 18.3 Å². The van der Waals surface area contributed by atoms with Crippen LogP contribution in [0.3, 0.4) is 0 Å². The highest BCUT2D eigenvalue weighted by Gasteiger charge is 2.16. The predicted molar refractivity (Wildman–Crippen MR) is 72.9 cm³/mol. The summed E-state index contributed by atoms with van der Waals surface area (Å²) in [5, 5.41) is 8.64. The molecule has 7 heteroatoms. The molecule has 1 aromatic carbocycles. The molecule has 1 rings (SSSR count). The van der Waals surface area contributed by atoms with E-state index in [4.69, 9.17) is 16.7 Å². The molecule has 0 saturated heterocycles. The summed E-state index contributed by atoms with van der Waals surface area (Å²) in [6.07, 6.45) is 0.932. The third-order valence-corrected chi connectivity index (χ3v) is 4.43. The van der Waals surface area contributed by atoms with E-state index in [1.54, 1.807) is 12.1 Å². The SMILES string of the molecule is Cc1ccc(S(=O)(=O)NCCCCC(=O)O)c(Cl)c1. The molecule has 1 aromatic rings. The molecule has 19 heavy (non-hydrogen) atoms. The van der Waals surface area contributed by atoms with E-state index in [0.717, 1.165) is 5.56 Å². The maximum Gasteiger partial charge on any atom is 0.303 e.